The van der Waals surface area contributed by atoms with Crippen LogP contribution < -0.4 is 4.74 Å². The van der Waals surface area contributed by atoms with Crippen LogP contribution in [0.1, 0.15) is 35.5 Å². The number of benzene rings is 3. The first-order chi connectivity index (χ1) is 20.9. The van der Waals surface area contributed by atoms with E-state index in [1.807, 2.05) is 0 Å². The minimum absolute atomic E-state index is 0.184. The molecule has 6 nitrogen and oxygen atoms in total. The SMILES string of the molecule is CCC(O)(c1ccc(Cl)cc1Cl)C(c1nc(-c2cccc(OC(F)=C(c3ccc(Cl)cc3)C(F)(F)F)c2)cs1)n1cncn1. The number of aliphatic hydroxyl groups is 1. The molecule has 0 bridgehead atoms. The highest BCUT2D eigenvalue weighted by atomic mass is 35.5. The zero-order valence-corrected chi connectivity index (χ0v) is 25.6. The molecule has 228 valence electrons. The first-order valence-corrected chi connectivity index (χ1v) is 14.9. The molecule has 5 rings (SSSR count). The average Bonchev–Trinajstić information content (AvgIpc) is 3.67. The number of hydrogen-bond acceptors (Lipinski definition) is 6. The molecule has 2 unspecified atom stereocenters. The maximum Gasteiger partial charge on any atom is 0.422 e. The molecular weight excluding hydrogens is 663 g/mol. The second kappa shape index (κ2) is 12.9. The fraction of sp³-hybridized carbons (Fsp3) is 0.167. The molecule has 0 saturated heterocycles. The van der Waals surface area contributed by atoms with Crippen molar-refractivity contribution in [2.75, 3.05) is 0 Å². The summed E-state index contributed by atoms with van der Waals surface area (Å²) >= 11 is 19.6. The largest absolute Gasteiger partial charge is 0.431 e. The Labute approximate surface area is 268 Å². The Hall–Kier alpha value is -3.48. The van der Waals surface area contributed by atoms with E-state index < -0.39 is 35.0 Å². The van der Waals surface area contributed by atoms with Crippen LogP contribution in [0.15, 0.2) is 90.8 Å². The van der Waals surface area contributed by atoms with Crippen molar-refractivity contribution in [1.29, 1.82) is 0 Å². The molecule has 2 atom stereocenters. The number of ether oxygens (including phenoxy) is 1. The lowest BCUT2D eigenvalue weighted by Crippen LogP contribution is -2.38. The lowest BCUT2D eigenvalue weighted by Gasteiger charge is -2.35. The predicted octanol–water partition coefficient (Wildman–Crippen LogP) is 9.53. The van der Waals surface area contributed by atoms with Crippen LogP contribution in [0.2, 0.25) is 15.1 Å². The minimum Gasteiger partial charge on any atom is -0.431 e. The quantitative estimate of drug-likeness (QED) is 0.124. The maximum absolute atomic E-state index is 15.1. The van der Waals surface area contributed by atoms with Crippen LogP contribution in [0.5, 0.6) is 5.75 Å². The van der Waals surface area contributed by atoms with Gasteiger partial charge in [-0.15, -0.1) is 11.3 Å². The molecule has 0 aliphatic rings. The lowest BCUT2D eigenvalue weighted by atomic mass is 9.84. The number of allylic oxidation sites excluding steroid dienone is 1. The highest BCUT2D eigenvalue weighted by Crippen LogP contribution is 2.45. The molecule has 1 N–H and O–H groups in total. The Kier molecular flexibility index (Phi) is 9.33. The molecule has 0 fully saturated rings. The first kappa shape index (κ1) is 31.9. The van der Waals surface area contributed by atoms with Crippen LogP contribution in [-0.4, -0.2) is 31.0 Å². The molecule has 44 heavy (non-hydrogen) atoms. The summed E-state index contributed by atoms with van der Waals surface area (Å²) in [5.74, 6) is -0.184. The third kappa shape index (κ3) is 6.62. The molecule has 5 aromatic rings. The molecule has 2 heterocycles. The molecule has 0 spiro atoms. The fourth-order valence-corrected chi connectivity index (χ4v) is 6.39. The van der Waals surface area contributed by atoms with E-state index in [-0.39, 0.29) is 22.2 Å². The lowest BCUT2D eigenvalue weighted by molar-refractivity contribution is -0.0717. The van der Waals surface area contributed by atoms with Crippen molar-refractivity contribution < 1.29 is 27.4 Å². The predicted molar refractivity (Wildman–Crippen MR) is 163 cm³/mol. The molecule has 0 aliphatic heterocycles. The number of nitrogens with zero attached hydrogens (tertiary/aromatic N) is 4. The van der Waals surface area contributed by atoms with E-state index >= 15 is 4.39 Å². The second-order valence-corrected chi connectivity index (χ2v) is 11.7. The van der Waals surface area contributed by atoms with Crippen LogP contribution in [0.4, 0.5) is 17.6 Å². The third-order valence-corrected chi connectivity index (χ3v) is 8.49. The molecule has 0 radical (unpaired) electrons. The van der Waals surface area contributed by atoms with E-state index in [1.165, 1.54) is 65.1 Å². The van der Waals surface area contributed by atoms with Gasteiger partial charge in [-0.1, -0.05) is 72.1 Å². The average molecular weight is 684 g/mol. The van der Waals surface area contributed by atoms with Gasteiger partial charge in [-0.05, 0) is 48.4 Å². The number of hydrogen-bond donors (Lipinski definition) is 1. The smallest absolute Gasteiger partial charge is 0.422 e. The van der Waals surface area contributed by atoms with Gasteiger partial charge in [-0.2, -0.15) is 22.7 Å². The van der Waals surface area contributed by atoms with E-state index in [1.54, 1.807) is 30.5 Å². The summed E-state index contributed by atoms with van der Waals surface area (Å²) in [6, 6.07) is 12.5. The summed E-state index contributed by atoms with van der Waals surface area (Å²) < 4.78 is 63.1. The summed E-state index contributed by atoms with van der Waals surface area (Å²) in [4.78, 5) is 8.75. The number of thiazole rings is 1. The van der Waals surface area contributed by atoms with Crippen molar-refractivity contribution in [3.63, 3.8) is 0 Å². The normalized spacial score (nSPS) is 14.6. The van der Waals surface area contributed by atoms with Gasteiger partial charge in [0.05, 0.1) is 5.69 Å². The van der Waals surface area contributed by atoms with Crippen LogP contribution in [-0.2, 0) is 5.60 Å². The van der Waals surface area contributed by atoms with Crippen molar-refractivity contribution in [3.05, 3.63) is 122 Å². The van der Waals surface area contributed by atoms with Crippen molar-refractivity contribution in [3.8, 4) is 17.0 Å². The van der Waals surface area contributed by atoms with Gasteiger partial charge in [0.2, 0.25) is 0 Å². The topological polar surface area (TPSA) is 73.1 Å². The van der Waals surface area contributed by atoms with Crippen molar-refractivity contribution in [2.45, 2.75) is 31.2 Å². The molecule has 0 amide bonds. The number of alkyl halides is 3. The Morgan fingerprint density at radius 3 is 2.39 bits per heavy atom. The summed E-state index contributed by atoms with van der Waals surface area (Å²) in [6.45, 7) is 1.78. The standard InChI is InChI=1S/C30H21Cl3F4N4O2S/c1-2-29(42,22-11-10-20(32)13-23(22)33)26(41-16-38-15-39-41)28-40-24(14-44-28)18-4-3-5-21(12-18)43-27(34)25(30(35,36)37)17-6-8-19(31)9-7-17/h3-16,26,42H,2H2,1H3. The van der Waals surface area contributed by atoms with Gasteiger partial charge in [0, 0.05) is 31.6 Å². The van der Waals surface area contributed by atoms with E-state index in [2.05, 4.69) is 10.1 Å². The monoisotopic (exact) mass is 682 g/mol. The van der Waals surface area contributed by atoms with Gasteiger partial charge in [0.15, 0.2) is 0 Å². The molecule has 0 aliphatic carbocycles. The van der Waals surface area contributed by atoms with Gasteiger partial charge < -0.3 is 9.84 Å². The van der Waals surface area contributed by atoms with Gasteiger partial charge >= 0.3 is 6.18 Å². The first-order valence-electron chi connectivity index (χ1n) is 12.9. The Bertz CT molecular complexity index is 1800. The second-order valence-electron chi connectivity index (χ2n) is 9.53. The zero-order chi connectivity index (χ0) is 31.6. The Morgan fingerprint density at radius 2 is 1.75 bits per heavy atom. The van der Waals surface area contributed by atoms with Crippen molar-refractivity contribution in [1.82, 2.24) is 19.7 Å². The summed E-state index contributed by atoms with van der Waals surface area (Å²) in [5, 5.41) is 19.3. The van der Waals surface area contributed by atoms with Gasteiger partial charge in [0.25, 0.3) is 6.01 Å². The fourth-order valence-electron chi connectivity index (χ4n) is 4.68. The summed E-state index contributed by atoms with van der Waals surface area (Å²) in [7, 11) is 0. The molecule has 14 heteroatoms. The molecular formula is C30H21Cl3F4N4O2S. The third-order valence-electron chi connectivity index (χ3n) is 6.80. The van der Waals surface area contributed by atoms with Crippen LogP contribution in [0, 0.1) is 0 Å². The summed E-state index contributed by atoms with van der Waals surface area (Å²) in [5.41, 5.74) is -2.38. The Morgan fingerprint density at radius 1 is 1.02 bits per heavy atom. The van der Waals surface area contributed by atoms with Crippen LogP contribution in [0.25, 0.3) is 16.8 Å². The Balaban J connectivity index is 1.51. The highest BCUT2D eigenvalue weighted by molar-refractivity contribution is 7.10. The van der Waals surface area contributed by atoms with Crippen LogP contribution >= 0.6 is 46.1 Å². The van der Waals surface area contributed by atoms with Gasteiger partial charge in [-0.3, -0.25) is 0 Å². The zero-order valence-electron chi connectivity index (χ0n) is 22.6. The maximum atomic E-state index is 15.1. The van der Waals surface area contributed by atoms with Crippen LogP contribution in [0.3, 0.4) is 0 Å². The van der Waals surface area contributed by atoms with Crippen molar-refractivity contribution in [2.24, 2.45) is 0 Å². The van der Waals surface area contributed by atoms with E-state index in [0.717, 1.165) is 12.1 Å². The minimum atomic E-state index is -5.04. The van der Waals surface area contributed by atoms with E-state index in [9.17, 15) is 18.3 Å². The molecule has 0 saturated carbocycles. The van der Waals surface area contributed by atoms with E-state index in [0.29, 0.717) is 26.9 Å². The number of aromatic nitrogens is 4. The molecule has 3 aromatic carbocycles. The van der Waals surface area contributed by atoms with E-state index in [4.69, 9.17) is 44.5 Å². The number of rotatable bonds is 9. The number of halogens is 7. The van der Waals surface area contributed by atoms with Crippen molar-refractivity contribution >= 4 is 51.7 Å². The van der Waals surface area contributed by atoms with Gasteiger partial charge in [0.1, 0.15) is 40.6 Å². The highest BCUT2D eigenvalue weighted by Gasteiger charge is 2.43. The molecule has 2 aromatic heterocycles. The van der Waals surface area contributed by atoms with Gasteiger partial charge in [-0.25, -0.2) is 14.6 Å². The summed E-state index contributed by atoms with van der Waals surface area (Å²) in [6.07, 6.45) is -2.07.